The zero-order chi connectivity index (χ0) is 24.4. The Kier molecular flexibility index (Phi) is 6.89. The third kappa shape index (κ3) is 5.12. The lowest BCUT2D eigenvalue weighted by atomic mass is 10.1. The van der Waals surface area contributed by atoms with E-state index in [1.165, 1.54) is 17.4 Å². The number of nitrogen functional groups attached to an aromatic ring is 1. The molecule has 1 aliphatic heterocycles. The van der Waals surface area contributed by atoms with Crippen LogP contribution < -0.4 is 15.8 Å². The average Bonchev–Trinajstić information content (AvgIpc) is 3.31. The van der Waals surface area contributed by atoms with Gasteiger partial charge in [0.1, 0.15) is 16.6 Å². The van der Waals surface area contributed by atoms with Crippen molar-refractivity contribution in [2.24, 2.45) is 0 Å². The van der Waals surface area contributed by atoms with Crippen LogP contribution in [0.3, 0.4) is 0 Å². The van der Waals surface area contributed by atoms with Gasteiger partial charge in [-0.3, -0.25) is 0 Å². The Hall–Kier alpha value is -3.15. The molecule has 0 spiro atoms. The van der Waals surface area contributed by atoms with Crippen molar-refractivity contribution in [1.29, 1.82) is 0 Å². The van der Waals surface area contributed by atoms with Crippen LogP contribution in [0.25, 0.3) is 21.8 Å². The van der Waals surface area contributed by atoms with Crippen LogP contribution in [0.2, 0.25) is 0 Å². The maximum atomic E-state index is 15.7. The molecular formula is C24H21F3N6S2. The third-order valence-electron chi connectivity index (χ3n) is 5.58. The fraction of sp³-hybridized carbons (Fsp3) is 0.208. The fourth-order valence-electron chi connectivity index (χ4n) is 3.86. The minimum atomic E-state index is -0.603. The van der Waals surface area contributed by atoms with Crippen molar-refractivity contribution in [3.05, 3.63) is 71.1 Å². The number of nitrogens with zero attached hydrogens (tertiary/aromatic N) is 3. The molecule has 2 aromatic carbocycles. The van der Waals surface area contributed by atoms with Gasteiger partial charge in [-0.05, 0) is 67.7 Å². The summed E-state index contributed by atoms with van der Waals surface area (Å²) in [4.78, 5) is 13.8. The van der Waals surface area contributed by atoms with Crippen molar-refractivity contribution in [1.82, 2.24) is 20.3 Å². The summed E-state index contributed by atoms with van der Waals surface area (Å²) in [7, 11) is 0. The fourth-order valence-corrected chi connectivity index (χ4v) is 5.74. The highest BCUT2D eigenvalue weighted by Gasteiger charge is 2.25. The molecule has 0 amide bonds. The van der Waals surface area contributed by atoms with Gasteiger partial charge < -0.3 is 15.8 Å². The number of piperidine rings is 1. The molecule has 4 aromatic rings. The first kappa shape index (κ1) is 23.6. The molecule has 0 bridgehead atoms. The molecule has 1 unspecified atom stereocenters. The highest BCUT2D eigenvalue weighted by atomic mass is 32.2. The highest BCUT2D eigenvalue weighted by molar-refractivity contribution is 8.00. The Balaban J connectivity index is 1.53. The van der Waals surface area contributed by atoms with Gasteiger partial charge in [0.05, 0.1) is 32.9 Å². The summed E-state index contributed by atoms with van der Waals surface area (Å²) in [5, 5.41) is 4.33. The molecule has 0 radical (unpaired) electrons. The minimum absolute atomic E-state index is 0.0197. The molecule has 2 aromatic heterocycles. The molecule has 1 saturated heterocycles. The van der Waals surface area contributed by atoms with E-state index < -0.39 is 17.5 Å². The molecule has 11 heteroatoms. The monoisotopic (exact) mass is 514 g/mol. The van der Waals surface area contributed by atoms with E-state index in [0.717, 1.165) is 61.0 Å². The van der Waals surface area contributed by atoms with E-state index in [0.29, 0.717) is 16.3 Å². The summed E-state index contributed by atoms with van der Waals surface area (Å²) in [5.74, 6) is -1.63. The Labute approximate surface area is 208 Å². The summed E-state index contributed by atoms with van der Waals surface area (Å²) >= 11 is 2.24. The number of anilines is 2. The van der Waals surface area contributed by atoms with Gasteiger partial charge in [0.25, 0.3) is 0 Å². The van der Waals surface area contributed by atoms with E-state index in [4.69, 9.17) is 10.7 Å². The summed E-state index contributed by atoms with van der Waals surface area (Å²) in [5.41, 5.74) is 7.20. The second-order valence-electron chi connectivity index (χ2n) is 7.98. The number of nitrogens with two attached hydrogens (primary N) is 1. The quantitative estimate of drug-likeness (QED) is 0.264. The zero-order valence-corrected chi connectivity index (χ0v) is 20.0. The largest absolute Gasteiger partial charge is 0.368 e. The van der Waals surface area contributed by atoms with Gasteiger partial charge in [-0.1, -0.05) is 12.5 Å². The Bertz CT molecular complexity index is 1360. The lowest BCUT2D eigenvalue weighted by Crippen LogP contribution is -2.26. The second kappa shape index (κ2) is 10.2. The molecule has 180 valence electrons. The number of aromatic nitrogens is 3. The molecule has 1 atom stereocenters. The van der Waals surface area contributed by atoms with Gasteiger partial charge in [0.2, 0.25) is 5.95 Å². The van der Waals surface area contributed by atoms with Gasteiger partial charge in [-0.2, -0.15) is 0 Å². The number of hydrogen-bond acceptors (Lipinski definition) is 8. The van der Waals surface area contributed by atoms with E-state index in [-0.39, 0.29) is 28.1 Å². The van der Waals surface area contributed by atoms with E-state index in [1.807, 2.05) is 0 Å². The Morgan fingerprint density at radius 3 is 2.77 bits per heavy atom. The van der Waals surface area contributed by atoms with Crippen LogP contribution in [-0.4, -0.2) is 21.5 Å². The lowest BCUT2D eigenvalue weighted by Gasteiger charge is -2.21. The molecule has 0 aliphatic carbocycles. The second-order valence-corrected chi connectivity index (χ2v) is 9.86. The van der Waals surface area contributed by atoms with Crippen molar-refractivity contribution in [3.63, 3.8) is 0 Å². The molecule has 35 heavy (non-hydrogen) atoms. The Morgan fingerprint density at radius 1 is 1.09 bits per heavy atom. The summed E-state index contributed by atoms with van der Waals surface area (Å²) in [6, 6.07) is 9.75. The number of halogens is 3. The van der Waals surface area contributed by atoms with Crippen LogP contribution in [0.5, 0.6) is 0 Å². The summed E-state index contributed by atoms with van der Waals surface area (Å²) < 4.78 is 46.0. The van der Waals surface area contributed by atoms with Crippen LogP contribution in [0.1, 0.15) is 30.3 Å². The van der Waals surface area contributed by atoms with E-state index >= 15 is 4.39 Å². The normalized spacial score (nSPS) is 15.8. The van der Waals surface area contributed by atoms with Gasteiger partial charge in [0.15, 0.2) is 5.82 Å². The number of nitrogens with one attached hydrogen (secondary N) is 2. The van der Waals surface area contributed by atoms with E-state index in [9.17, 15) is 8.78 Å². The number of hydrogen-bond donors (Lipinski definition) is 3. The third-order valence-corrected chi connectivity index (χ3v) is 7.62. The van der Waals surface area contributed by atoms with Crippen LogP contribution in [0, 0.1) is 17.5 Å². The van der Waals surface area contributed by atoms with Gasteiger partial charge in [-0.15, -0.1) is 11.3 Å². The molecule has 4 N–H and O–H groups in total. The molecule has 1 aliphatic rings. The van der Waals surface area contributed by atoms with Gasteiger partial charge in [-0.25, -0.2) is 28.1 Å². The zero-order valence-electron chi connectivity index (χ0n) is 18.4. The molecule has 5 rings (SSSR count). The predicted molar refractivity (Wildman–Crippen MR) is 133 cm³/mol. The first-order valence-corrected chi connectivity index (χ1v) is 12.6. The SMILES string of the molecule is Nc1nccc(-c2sc(C3CCCCN3)nc2-c2cccc(NSc3cc(F)ccc3F)c2F)n1. The smallest absolute Gasteiger partial charge is 0.220 e. The van der Waals surface area contributed by atoms with Crippen molar-refractivity contribution in [2.75, 3.05) is 17.0 Å². The van der Waals surface area contributed by atoms with Crippen molar-refractivity contribution in [2.45, 2.75) is 30.2 Å². The summed E-state index contributed by atoms with van der Waals surface area (Å²) in [6.07, 6.45) is 4.69. The maximum absolute atomic E-state index is 15.7. The average molecular weight is 515 g/mol. The standard InChI is InChI=1S/C24H21F3N6S2/c25-13-7-8-15(26)19(12-13)35-33-16-6-3-4-14(20(16)27)21-22(17-9-11-30-24(28)31-17)34-23(32-21)18-5-1-2-10-29-18/h3-4,6-9,11-12,18,29,33H,1-2,5,10H2,(H2,28,30,31). The van der Waals surface area contributed by atoms with E-state index in [2.05, 4.69) is 20.0 Å². The van der Waals surface area contributed by atoms with Crippen LogP contribution in [-0.2, 0) is 0 Å². The molecule has 0 saturated carbocycles. The number of rotatable bonds is 6. The number of thiazole rings is 1. The molecule has 3 heterocycles. The van der Waals surface area contributed by atoms with Crippen LogP contribution >= 0.6 is 23.3 Å². The van der Waals surface area contributed by atoms with Gasteiger partial charge in [0, 0.05) is 11.8 Å². The van der Waals surface area contributed by atoms with Crippen molar-refractivity contribution < 1.29 is 13.2 Å². The summed E-state index contributed by atoms with van der Waals surface area (Å²) in [6.45, 7) is 0.900. The first-order valence-electron chi connectivity index (χ1n) is 11.0. The van der Waals surface area contributed by atoms with E-state index in [1.54, 1.807) is 24.4 Å². The van der Waals surface area contributed by atoms with Crippen molar-refractivity contribution in [3.8, 4) is 21.8 Å². The molecular weight excluding hydrogens is 493 g/mol. The lowest BCUT2D eigenvalue weighted by molar-refractivity contribution is 0.411. The Morgan fingerprint density at radius 2 is 1.97 bits per heavy atom. The molecule has 1 fully saturated rings. The van der Waals surface area contributed by atoms with Crippen LogP contribution in [0.15, 0.2) is 53.6 Å². The predicted octanol–water partition coefficient (Wildman–Crippen LogP) is 6.20. The number of benzene rings is 2. The van der Waals surface area contributed by atoms with Crippen LogP contribution in [0.4, 0.5) is 24.8 Å². The maximum Gasteiger partial charge on any atom is 0.220 e. The topological polar surface area (TPSA) is 88.8 Å². The highest BCUT2D eigenvalue weighted by Crippen LogP contribution is 2.41. The minimum Gasteiger partial charge on any atom is -0.368 e. The first-order chi connectivity index (χ1) is 17.0. The van der Waals surface area contributed by atoms with Crippen molar-refractivity contribution >= 4 is 34.9 Å². The molecule has 6 nitrogen and oxygen atoms in total. The van der Waals surface area contributed by atoms with Gasteiger partial charge >= 0.3 is 0 Å².